The highest BCUT2D eigenvalue weighted by Crippen LogP contribution is 2.28. The number of halogens is 1. The third-order valence-corrected chi connectivity index (χ3v) is 4.52. The number of ether oxygens (including phenoxy) is 1. The van der Waals surface area contributed by atoms with Crippen molar-refractivity contribution in [1.29, 1.82) is 0 Å². The minimum absolute atomic E-state index is 0.408. The standard InChI is InChI=1S/C12H15BrOS/c13-11-6-2-1-5-10(11)9-15-12-7-3-4-8-14-12/h1-2,5-6,12H,3-4,7-9H2. The summed E-state index contributed by atoms with van der Waals surface area (Å²) in [7, 11) is 0. The Hall–Kier alpha value is 0.01000. The van der Waals surface area contributed by atoms with E-state index < -0.39 is 0 Å². The molecule has 1 fully saturated rings. The van der Waals surface area contributed by atoms with Gasteiger partial charge in [-0.05, 0) is 30.9 Å². The Balaban J connectivity index is 1.84. The van der Waals surface area contributed by atoms with Gasteiger partial charge in [-0.2, -0.15) is 0 Å². The number of hydrogen-bond donors (Lipinski definition) is 0. The van der Waals surface area contributed by atoms with Gasteiger partial charge in [0.15, 0.2) is 0 Å². The zero-order valence-electron chi connectivity index (χ0n) is 8.62. The predicted molar refractivity (Wildman–Crippen MR) is 69.0 cm³/mol. The van der Waals surface area contributed by atoms with Gasteiger partial charge in [0.25, 0.3) is 0 Å². The first-order valence-corrected chi connectivity index (χ1v) is 7.17. The van der Waals surface area contributed by atoms with Crippen LogP contribution in [0.2, 0.25) is 0 Å². The molecule has 1 saturated heterocycles. The maximum atomic E-state index is 5.69. The van der Waals surface area contributed by atoms with Gasteiger partial charge < -0.3 is 4.74 Å². The van der Waals surface area contributed by atoms with E-state index in [-0.39, 0.29) is 0 Å². The first kappa shape index (κ1) is 11.5. The van der Waals surface area contributed by atoms with Gasteiger partial charge in [-0.15, -0.1) is 11.8 Å². The molecule has 0 amide bonds. The van der Waals surface area contributed by atoms with Crippen LogP contribution in [0.5, 0.6) is 0 Å². The van der Waals surface area contributed by atoms with E-state index in [0.717, 1.165) is 12.4 Å². The lowest BCUT2D eigenvalue weighted by Gasteiger charge is -2.22. The Labute approximate surface area is 104 Å². The van der Waals surface area contributed by atoms with E-state index in [2.05, 4.69) is 40.2 Å². The van der Waals surface area contributed by atoms with Crippen LogP contribution in [-0.4, -0.2) is 12.0 Å². The van der Waals surface area contributed by atoms with Crippen LogP contribution in [0.15, 0.2) is 28.7 Å². The maximum absolute atomic E-state index is 5.69. The zero-order valence-corrected chi connectivity index (χ0v) is 11.0. The van der Waals surface area contributed by atoms with E-state index in [1.54, 1.807) is 0 Å². The summed E-state index contributed by atoms with van der Waals surface area (Å²) in [5.41, 5.74) is 1.77. The molecule has 82 valence electrons. The monoisotopic (exact) mass is 286 g/mol. The Morgan fingerprint density at radius 2 is 2.20 bits per heavy atom. The molecule has 1 aliphatic heterocycles. The van der Waals surface area contributed by atoms with Crippen LogP contribution in [0.3, 0.4) is 0 Å². The fraction of sp³-hybridized carbons (Fsp3) is 0.500. The van der Waals surface area contributed by atoms with Gasteiger partial charge in [0, 0.05) is 16.8 Å². The third kappa shape index (κ3) is 3.51. The van der Waals surface area contributed by atoms with Crippen molar-refractivity contribution in [1.82, 2.24) is 0 Å². The molecule has 1 heterocycles. The van der Waals surface area contributed by atoms with Crippen molar-refractivity contribution in [3.05, 3.63) is 34.3 Å². The molecular weight excluding hydrogens is 272 g/mol. The highest BCUT2D eigenvalue weighted by molar-refractivity contribution is 9.10. The van der Waals surface area contributed by atoms with Crippen molar-refractivity contribution in [3.63, 3.8) is 0 Å². The average Bonchev–Trinajstić information content (AvgIpc) is 2.29. The highest BCUT2D eigenvalue weighted by Gasteiger charge is 2.14. The van der Waals surface area contributed by atoms with Gasteiger partial charge in [0.1, 0.15) is 5.44 Å². The molecular formula is C12H15BrOS. The molecule has 0 bridgehead atoms. The topological polar surface area (TPSA) is 9.23 Å². The first-order chi connectivity index (χ1) is 7.36. The van der Waals surface area contributed by atoms with Gasteiger partial charge in [0.05, 0.1) is 0 Å². The molecule has 3 heteroatoms. The first-order valence-electron chi connectivity index (χ1n) is 5.33. The number of rotatable bonds is 3. The summed E-state index contributed by atoms with van der Waals surface area (Å²) in [4.78, 5) is 0. The lowest BCUT2D eigenvalue weighted by Crippen LogP contribution is -2.15. The van der Waals surface area contributed by atoms with E-state index in [1.807, 2.05) is 11.8 Å². The van der Waals surface area contributed by atoms with E-state index in [4.69, 9.17) is 4.74 Å². The van der Waals surface area contributed by atoms with Gasteiger partial charge >= 0.3 is 0 Å². The van der Waals surface area contributed by atoms with Crippen LogP contribution in [0.1, 0.15) is 24.8 Å². The summed E-state index contributed by atoms with van der Waals surface area (Å²) < 4.78 is 6.89. The molecule has 15 heavy (non-hydrogen) atoms. The molecule has 0 saturated carbocycles. The number of hydrogen-bond acceptors (Lipinski definition) is 2. The fourth-order valence-electron chi connectivity index (χ4n) is 1.64. The molecule has 0 radical (unpaired) electrons. The molecule has 2 rings (SSSR count). The maximum Gasteiger partial charge on any atom is 0.103 e. The van der Waals surface area contributed by atoms with Crippen molar-refractivity contribution in [2.45, 2.75) is 30.5 Å². The predicted octanol–water partition coefficient (Wildman–Crippen LogP) is 4.21. The van der Waals surface area contributed by atoms with E-state index in [1.165, 1.54) is 29.3 Å². The quantitative estimate of drug-likeness (QED) is 0.823. The molecule has 0 N–H and O–H groups in total. The molecule has 0 aliphatic carbocycles. The Bertz CT molecular complexity index is 310. The SMILES string of the molecule is Brc1ccccc1CSC1CCCCO1. The average molecular weight is 287 g/mol. The fourth-order valence-corrected chi connectivity index (χ4v) is 3.39. The Kier molecular flexibility index (Phi) is 4.54. The third-order valence-electron chi connectivity index (χ3n) is 2.52. The lowest BCUT2D eigenvalue weighted by molar-refractivity contribution is 0.0727. The molecule has 1 aromatic carbocycles. The molecule has 1 aromatic rings. The summed E-state index contributed by atoms with van der Waals surface area (Å²) in [5, 5.41) is 0. The summed E-state index contributed by atoms with van der Waals surface area (Å²) in [5.74, 6) is 1.03. The van der Waals surface area contributed by atoms with Crippen LogP contribution in [-0.2, 0) is 10.5 Å². The Morgan fingerprint density at radius 1 is 1.33 bits per heavy atom. The second-order valence-electron chi connectivity index (χ2n) is 3.70. The van der Waals surface area contributed by atoms with Crippen LogP contribution in [0.4, 0.5) is 0 Å². The molecule has 1 atom stereocenters. The van der Waals surface area contributed by atoms with Crippen molar-refractivity contribution in [2.24, 2.45) is 0 Å². The highest BCUT2D eigenvalue weighted by atomic mass is 79.9. The zero-order chi connectivity index (χ0) is 10.5. The molecule has 1 unspecified atom stereocenters. The molecule has 0 spiro atoms. The summed E-state index contributed by atoms with van der Waals surface area (Å²) in [6.45, 7) is 0.938. The smallest absolute Gasteiger partial charge is 0.103 e. The second-order valence-corrected chi connectivity index (χ2v) is 5.70. The van der Waals surface area contributed by atoms with Crippen LogP contribution >= 0.6 is 27.7 Å². The van der Waals surface area contributed by atoms with Gasteiger partial charge in [-0.25, -0.2) is 0 Å². The van der Waals surface area contributed by atoms with Gasteiger partial charge in [-0.3, -0.25) is 0 Å². The number of thioether (sulfide) groups is 1. The molecule has 1 aliphatic rings. The normalized spacial score (nSPS) is 21.5. The number of benzene rings is 1. The van der Waals surface area contributed by atoms with Crippen LogP contribution in [0.25, 0.3) is 0 Å². The van der Waals surface area contributed by atoms with E-state index >= 15 is 0 Å². The Morgan fingerprint density at radius 3 is 2.93 bits per heavy atom. The largest absolute Gasteiger partial charge is 0.368 e. The second kappa shape index (κ2) is 5.92. The van der Waals surface area contributed by atoms with Crippen LogP contribution in [0, 0.1) is 0 Å². The van der Waals surface area contributed by atoms with Crippen molar-refractivity contribution in [2.75, 3.05) is 6.61 Å². The van der Waals surface area contributed by atoms with E-state index in [0.29, 0.717) is 5.44 Å². The molecule has 1 nitrogen and oxygen atoms in total. The van der Waals surface area contributed by atoms with Crippen molar-refractivity contribution >= 4 is 27.7 Å². The summed E-state index contributed by atoms with van der Waals surface area (Å²) in [6.07, 6.45) is 3.74. The van der Waals surface area contributed by atoms with Gasteiger partial charge in [-0.1, -0.05) is 34.1 Å². The van der Waals surface area contributed by atoms with Crippen molar-refractivity contribution in [3.8, 4) is 0 Å². The molecule has 0 aromatic heterocycles. The minimum Gasteiger partial charge on any atom is -0.368 e. The van der Waals surface area contributed by atoms with Crippen molar-refractivity contribution < 1.29 is 4.74 Å². The minimum atomic E-state index is 0.408. The van der Waals surface area contributed by atoms with Crippen LogP contribution < -0.4 is 0 Å². The lowest BCUT2D eigenvalue weighted by atomic mass is 10.2. The summed E-state index contributed by atoms with van der Waals surface area (Å²) >= 11 is 5.48. The van der Waals surface area contributed by atoms with E-state index in [9.17, 15) is 0 Å². The van der Waals surface area contributed by atoms with Gasteiger partial charge in [0.2, 0.25) is 0 Å². The summed E-state index contributed by atoms with van der Waals surface area (Å²) in [6, 6.07) is 8.40.